The summed E-state index contributed by atoms with van der Waals surface area (Å²) in [7, 11) is 1.71. The fourth-order valence-electron chi connectivity index (χ4n) is 4.57. The number of benzene rings is 2. The van der Waals surface area contributed by atoms with Gasteiger partial charge < -0.3 is 30.3 Å². The first-order valence-corrected chi connectivity index (χ1v) is 11.1. The van der Waals surface area contributed by atoms with Crippen LogP contribution in [0.15, 0.2) is 36.4 Å². The van der Waals surface area contributed by atoms with E-state index in [9.17, 15) is 19.5 Å². The molecule has 1 saturated heterocycles. The highest BCUT2D eigenvalue weighted by Gasteiger charge is 2.39. The van der Waals surface area contributed by atoms with Crippen LogP contribution in [0.3, 0.4) is 0 Å². The Hall–Kier alpha value is -3.47. The number of aliphatic hydroxyl groups is 1. The van der Waals surface area contributed by atoms with E-state index in [2.05, 4.69) is 10.6 Å². The molecule has 0 saturated carbocycles. The number of fused-ring (bicyclic) bond motifs is 2. The van der Waals surface area contributed by atoms with Crippen LogP contribution >= 0.6 is 12.4 Å². The lowest BCUT2D eigenvalue weighted by Gasteiger charge is -2.35. The second-order valence-corrected chi connectivity index (χ2v) is 8.58. The summed E-state index contributed by atoms with van der Waals surface area (Å²) in [6.07, 6.45) is -1.96. The maximum absolute atomic E-state index is 13.2. The summed E-state index contributed by atoms with van der Waals surface area (Å²) >= 11 is 0. The Labute approximate surface area is 208 Å². The van der Waals surface area contributed by atoms with E-state index in [0.29, 0.717) is 36.6 Å². The number of halogens is 1. The largest absolute Gasteiger partial charge is 0.380 e. The molecule has 2 aromatic carbocycles. The predicted octanol–water partition coefficient (Wildman–Crippen LogP) is 1.18. The maximum atomic E-state index is 13.2. The molecule has 1 fully saturated rings. The molecule has 0 spiro atoms. The SMILES string of the molecule is CN1C(=O)CCc2ccc(N3CCO[C@H]([C@@H](O)C(=O)Nc4ccc5c(c4)CNC5=N)C3=O)cc21.Cl. The number of carbonyl (C=O) groups is 3. The van der Waals surface area contributed by atoms with Crippen molar-refractivity contribution in [3.63, 3.8) is 0 Å². The molecule has 3 aliphatic rings. The number of aryl methyl sites for hydroxylation is 1. The molecule has 2 aromatic rings. The number of aliphatic hydroxyl groups excluding tert-OH is 1. The van der Waals surface area contributed by atoms with Crippen LogP contribution in [0.2, 0.25) is 0 Å². The molecule has 0 aromatic heterocycles. The molecule has 184 valence electrons. The normalized spacial score (nSPS) is 19.9. The summed E-state index contributed by atoms with van der Waals surface area (Å²) in [6, 6.07) is 10.6. The first-order chi connectivity index (χ1) is 16.3. The number of rotatable bonds is 4. The smallest absolute Gasteiger partial charge is 0.259 e. The van der Waals surface area contributed by atoms with Gasteiger partial charge in [-0.25, -0.2) is 0 Å². The van der Waals surface area contributed by atoms with Crippen molar-refractivity contribution in [1.82, 2.24) is 5.32 Å². The van der Waals surface area contributed by atoms with Crippen LogP contribution in [0.25, 0.3) is 0 Å². The summed E-state index contributed by atoms with van der Waals surface area (Å²) in [6.45, 7) is 0.907. The number of amides is 3. The number of nitrogens with one attached hydrogen (secondary N) is 3. The molecule has 3 heterocycles. The van der Waals surface area contributed by atoms with Gasteiger partial charge in [0.15, 0.2) is 12.2 Å². The van der Waals surface area contributed by atoms with Crippen LogP contribution < -0.4 is 20.4 Å². The van der Waals surface area contributed by atoms with E-state index in [0.717, 1.165) is 22.4 Å². The molecule has 4 N–H and O–H groups in total. The van der Waals surface area contributed by atoms with Crippen molar-refractivity contribution < 1.29 is 24.2 Å². The summed E-state index contributed by atoms with van der Waals surface area (Å²) in [5, 5.41) is 24.0. The van der Waals surface area contributed by atoms with Crippen LogP contribution in [0.1, 0.15) is 23.1 Å². The number of hydrogen-bond donors (Lipinski definition) is 4. The molecule has 0 aliphatic carbocycles. The average molecular weight is 500 g/mol. The van der Waals surface area contributed by atoms with E-state index in [4.69, 9.17) is 10.1 Å². The standard InChI is InChI=1S/C24H25N5O5.ClH/c1-28-18-11-16(5-2-13(18)3-7-19(28)30)29-8-9-34-21(24(29)33)20(31)23(32)27-15-4-6-17-14(10-15)12-26-22(17)25;/h2,4-6,10-11,20-21,31H,3,7-9,12H2,1H3,(H2,25,26)(H,27,32);1H/t20-,21-;/m1./s1. The Kier molecular flexibility index (Phi) is 6.79. The van der Waals surface area contributed by atoms with E-state index in [-0.39, 0.29) is 31.5 Å². The van der Waals surface area contributed by atoms with Gasteiger partial charge in [0.1, 0.15) is 5.84 Å². The monoisotopic (exact) mass is 499 g/mol. The second kappa shape index (κ2) is 9.65. The number of nitrogens with zero attached hydrogens (tertiary/aromatic N) is 2. The molecular weight excluding hydrogens is 474 g/mol. The van der Waals surface area contributed by atoms with Gasteiger partial charge in [0, 0.05) is 49.2 Å². The number of morpholine rings is 1. The minimum absolute atomic E-state index is 0. The maximum Gasteiger partial charge on any atom is 0.259 e. The van der Waals surface area contributed by atoms with Gasteiger partial charge in [0.05, 0.1) is 6.61 Å². The molecule has 0 radical (unpaired) electrons. The van der Waals surface area contributed by atoms with Crippen molar-refractivity contribution in [2.45, 2.75) is 31.6 Å². The van der Waals surface area contributed by atoms with Gasteiger partial charge >= 0.3 is 0 Å². The fraction of sp³-hybridized carbons (Fsp3) is 0.333. The van der Waals surface area contributed by atoms with E-state index in [1.54, 1.807) is 36.2 Å². The van der Waals surface area contributed by atoms with Crippen molar-refractivity contribution in [2.24, 2.45) is 0 Å². The van der Waals surface area contributed by atoms with Crippen molar-refractivity contribution in [2.75, 3.05) is 35.3 Å². The Morgan fingerprint density at radius 2 is 2.00 bits per heavy atom. The van der Waals surface area contributed by atoms with E-state index < -0.39 is 24.0 Å². The van der Waals surface area contributed by atoms with E-state index in [1.165, 1.54) is 4.90 Å². The summed E-state index contributed by atoms with van der Waals surface area (Å²) in [5.74, 6) is -0.934. The number of ether oxygens (including phenoxy) is 1. The zero-order valence-electron chi connectivity index (χ0n) is 19.0. The average Bonchev–Trinajstić information content (AvgIpc) is 3.21. The predicted molar refractivity (Wildman–Crippen MR) is 132 cm³/mol. The molecule has 0 bridgehead atoms. The molecule has 3 amide bonds. The highest BCUT2D eigenvalue weighted by atomic mass is 35.5. The van der Waals surface area contributed by atoms with E-state index in [1.807, 2.05) is 12.1 Å². The van der Waals surface area contributed by atoms with Gasteiger partial charge in [0.2, 0.25) is 5.91 Å². The van der Waals surface area contributed by atoms with E-state index >= 15 is 0 Å². The highest BCUT2D eigenvalue weighted by molar-refractivity contribution is 6.05. The van der Waals surface area contributed by atoms with Crippen LogP contribution in [-0.4, -0.2) is 61.1 Å². The lowest BCUT2D eigenvalue weighted by Crippen LogP contribution is -2.55. The molecule has 35 heavy (non-hydrogen) atoms. The van der Waals surface area contributed by atoms with Crippen molar-refractivity contribution in [1.29, 1.82) is 5.41 Å². The van der Waals surface area contributed by atoms with Crippen LogP contribution in [0, 0.1) is 5.41 Å². The molecule has 10 nitrogen and oxygen atoms in total. The highest BCUT2D eigenvalue weighted by Crippen LogP contribution is 2.32. The van der Waals surface area contributed by atoms with Crippen LogP contribution in [-0.2, 0) is 32.1 Å². The Balaban J connectivity index is 0.00000289. The van der Waals surface area contributed by atoms with Gasteiger partial charge in [-0.2, -0.15) is 0 Å². The van der Waals surface area contributed by atoms with Crippen molar-refractivity contribution >= 4 is 53.0 Å². The Morgan fingerprint density at radius 3 is 2.80 bits per heavy atom. The Morgan fingerprint density at radius 1 is 1.20 bits per heavy atom. The number of carbonyl (C=O) groups excluding carboxylic acids is 3. The summed E-state index contributed by atoms with van der Waals surface area (Å²) < 4.78 is 5.50. The summed E-state index contributed by atoms with van der Waals surface area (Å²) in [5.41, 5.74) is 4.45. The molecule has 11 heteroatoms. The van der Waals surface area contributed by atoms with Crippen LogP contribution in [0.5, 0.6) is 0 Å². The molecule has 2 atom stereocenters. The zero-order chi connectivity index (χ0) is 24.0. The minimum Gasteiger partial charge on any atom is -0.380 e. The van der Waals surface area contributed by atoms with Gasteiger partial charge in [0.25, 0.3) is 11.8 Å². The third-order valence-corrected chi connectivity index (χ3v) is 6.50. The topological polar surface area (TPSA) is 135 Å². The minimum atomic E-state index is -1.71. The lowest BCUT2D eigenvalue weighted by atomic mass is 10.0. The molecular formula is C24H26ClN5O5. The second-order valence-electron chi connectivity index (χ2n) is 8.58. The third kappa shape index (κ3) is 4.47. The van der Waals surface area contributed by atoms with Gasteiger partial charge in [-0.1, -0.05) is 6.07 Å². The van der Waals surface area contributed by atoms with Gasteiger partial charge in [-0.15, -0.1) is 12.4 Å². The lowest BCUT2D eigenvalue weighted by molar-refractivity contribution is -0.150. The van der Waals surface area contributed by atoms with Gasteiger partial charge in [-0.3, -0.25) is 19.8 Å². The number of anilines is 3. The molecule has 3 aliphatic heterocycles. The number of hydrogen-bond acceptors (Lipinski definition) is 6. The van der Waals surface area contributed by atoms with Crippen LogP contribution in [0.4, 0.5) is 17.1 Å². The Bertz CT molecular complexity index is 1220. The quantitative estimate of drug-likeness (QED) is 0.499. The fourth-order valence-corrected chi connectivity index (χ4v) is 4.57. The van der Waals surface area contributed by atoms with Crippen molar-refractivity contribution in [3.8, 4) is 0 Å². The molecule has 5 rings (SSSR count). The third-order valence-electron chi connectivity index (χ3n) is 6.50. The van der Waals surface area contributed by atoms with Crippen molar-refractivity contribution in [3.05, 3.63) is 53.1 Å². The molecule has 0 unspecified atom stereocenters. The summed E-state index contributed by atoms with van der Waals surface area (Å²) in [4.78, 5) is 41.0. The first-order valence-electron chi connectivity index (χ1n) is 11.1. The first kappa shape index (κ1) is 24.6. The zero-order valence-corrected chi connectivity index (χ0v) is 19.9. The number of amidine groups is 1. The van der Waals surface area contributed by atoms with Gasteiger partial charge in [-0.05, 0) is 47.9 Å².